The predicted molar refractivity (Wildman–Crippen MR) is 113 cm³/mol. The molecule has 0 saturated carbocycles. The number of aliphatic hydroxyl groups excluding tert-OH is 1. The summed E-state index contributed by atoms with van der Waals surface area (Å²) in [5.74, 6) is 0.906. The van der Waals surface area contributed by atoms with E-state index in [0.717, 1.165) is 62.0 Å². The number of nitrogens with zero attached hydrogens (tertiary/aromatic N) is 6. The number of benzene rings is 1. The van der Waals surface area contributed by atoms with Crippen molar-refractivity contribution in [2.45, 2.75) is 19.6 Å². The molecule has 5 rings (SSSR count). The smallest absolute Gasteiger partial charge is 0.261 e. The molecule has 0 spiro atoms. The Morgan fingerprint density at radius 1 is 1.07 bits per heavy atom. The summed E-state index contributed by atoms with van der Waals surface area (Å²) in [6, 6.07) is 7.87. The van der Waals surface area contributed by atoms with Gasteiger partial charge in [0.2, 0.25) is 0 Å². The lowest BCUT2D eigenvalue weighted by atomic mass is 10.1. The predicted octanol–water partition coefficient (Wildman–Crippen LogP) is 0.578. The van der Waals surface area contributed by atoms with E-state index in [-0.39, 0.29) is 18.7 Å². The zero-order chi connectivity index (χ0) is 20.5. The third kappa shape index (κ3) is 3.50. The first-order valence-corrected chi connectivity index (χ1v) is 10.3. The Bertz CT molecular complexity index is 1120. The highest BCUT2D eigenvalue weighted by atomic mass is 16.5. The Hall–Kier alpha value is -3.04. The van der Waals surface area contributed by atoms with E-state index in [0.29, 0.717) is 17.5 Å². The van der Waals surface area contributed by atoms with Crippen LogP contribution < -0.4 is 15.4 Å². The maximum absolute atomic E-state index is 12.5. The molecule has 0 bridgehead atoms. The minimum Gasteiger partial charge on any atom is -0.395 e. The SMILES string of the molecule is O=c1c2ccc(N3CCN(c4cc5c(nn4)CCOC5)CC3)cc2ncn1CCO. The van der Waals surface area contributed by atoms with Crippen molar-refractivity contribution in [3.05, 3.63) is 52.2 Å². The standard InChI is InChI=1S/C21H24N6O3/c28-9-8-27-14-22-19-12-16(1-2-17(19)21(27)29)25-4-6-26(7-5-25)20-11-15-13-30-10-3-18(15)23-24-20/h1-2,11-12,14,28H,3-10,13H2. The molecule has 30 heavy (non-hydrogen) atoms. The van der Waals surface area contributed by atoms with Gasteiger partial charge < -0.3 is 19.6 Å². The normalized spacial score (nSPS) is 16.7. The highest BCUT2D eigenvalue weighted by Crippen LogP contribution is 2.23. The van der Waals surface area contributed by atoms with Gasteiger partial charge in [-0.2, -0.15) is 5.10 Å². The molecule has 2 aliphatic heterocycles. The summed E-state index contributed by atoms with van der Waals surface area (Å²) in [5.41, 5.74) is 3.79. The lowest BCUT2D eigenvalue weighted by molar-refractivity contribution is 0.109. The topological polar surface area (TPSA) is 96.6 Å². The van der Waals surface area contributed by atoms with E-state index in [1.807, 2.05) is 18.2 Å². The molecule has 2 aromatic heterocycles. The number of hydrogen-bond acceptors (Lipinski definition) is 8. The average molecular weight is 408 g/mol. The summed E-state index contributed by atoms with van der Waals surface area (Å²) in [7, 11) is 0. The Morgan fingerprint density at radius 3 is 2.73 bits per heavy atom. The largest absolute Gasteiger partial charge is 0.395 e. The van der Waals surface area contributed by atoms with Gasteiger partial charge in [0.25, 0.3) is 5.56 Å². The van der Waals surface area contributed by atoms with E-state index >= 15 is 0 Å². The van der Waals surface area contributed by atoms with E-state index in [4.69, 9.17) is 9.84 Å². The number of piperazine rings is 1. The number of aromatic nitrogens is 4. The summed E-state index contributed by atoms with van der Waals surface area (Å²) in [6.07, 6.45) is 2.33. The molecule has 3 aromatic rings. The number of ether oxygens (including phenoxy) is 1. The van der Waals surface area contributed by atoms with Gasteiger partial charge in [-0.3, -0.25) is 9.36 Å². The molecule has 4 heterocycles. The third-order valence-corrected chi connectivity index (χ3v) is 5.81. The number of rotatable bonds is 4. The Morgan fingerprint density at radius 2 is 1.90 bits per heavy atom. The first-order valence-electron chi connectivity index (χ1n) is 10.3. The van der Waals surface area contributed by atoms with Crippen LogP contribution >= 0.6 is 0 Å². The van der Waals surface area contributed by atoms with Crippen LogP contribution in [0.15, 0.2) is 35.4 Å². The highest BCUT2D eigenvalue weighted by Gasteiger charge is 2.21. The summed E-state index contributed by atoms with van der Waals surface area (Å²) in [4.78, 5) is 21.4. The van der Waals surface area contributed by atoms with E-state index in [2.05, 4.69) is 31.0 Å². The van der Waals surface area contributed by atoms with Gasteiger partial charge >= 0.3 is 0 Å². The Labute approximate surface area is 173 Å². The molecule has 0 unspecified atom stereocenters. The second-order valence-corrected chi connectivity index (χ2v) is 7.62. The third-order valence-electron chi connectivity index (χ3n) is 5.81. The van der Waals surface area contributed by atoms with E-state index in [1.54, 1.807) is 0 Å². The quantitative estimate of drug-likeness (QED) is 0.670. The van der Waals surface area contributed by atoms with Crippen molar-refractivity contribution in [3.63, 3.8) is 0 Å². The van der Waals surface area contributed by atoms with E-state index in [1.165, 1.54) is 10.9 Å². The second kappa shape index (κ2) is 8.00. The van der Waals surface area contributed by atoms with Gasteiger partial charge in [0, 0.05) is 43.9 Å². The van der Waals surface area contributed by atoms with Crippen LogP contribution in [0.4, 0.5) is 11.5 Å². The van der Waals surface area contributed by atoms with Gasteiger partial charge in [0.15, 0.2) is 5.82 Å². The van der Waals surface area contributed by atoms with Crippen LogP contribution in [0, 0.1) is 0 Å². The Kier molecular flexibility index (Phi) is 5.06. The van der Waals surface area contributed by atoms with Crippen molar-refractivity contribution >= 4 is 22.4 Å². The maximum atomic E-state index is 12.5. The van der Waals surface area contributed by atoms with Crippen LogP contribution in [0.1, 0.15) is 11.3 Å². The summed E-state index contributed by atoms with van der Waals surface area (Å²) in [5, 5.41) is 18.5. The van der Waals surface area contributed by atoms with E-state index in [9.17, 15) is 4.79 Å². The molecule has 0 radical (unpaired) electrons. The van der Waals surface area contributed by atoms with E-state index < -0.39 is 0 Å². The molecule has 1 saturated heterocycles. The van der Waals surface area contributed by atoms with Crippen molar-refractivity contribution in [1.82, 2.24) is 19.7 Å². The molecule has 0 amide bonds. The number of hydrogen-bond donors (Lipinski definition) is 1. The first-order chi connectivity index (χ1) is 14.7. The van der Waals surface area contributed by atoms with Crippen molar-refractivity contribution in [2.75, 3.05) is 49.2 Å². The fourth-order valence-corrected chi connectivity index (χ4v) is 4.09. The molecule has 9 nitrogen and oxygen atoms in total. The van der Waals surface area contributed by atoms with Crippen molar-refractivity contribution < 1.29 is 9.84 Å². The van der Waals surface area contributed by atoms with Crippen molar-refractivity contribution in [1.29, 1.82) is 0 Å². The molecule has 1 aromatic carbocycles. The average Bonchev–Trinajstić information content (AvgIpc) is 2.80. The van der Waals surface area contributed by atoms with Crippen LogP contribution in [-0.2, 0) is 24.3 Å². The van der Waals surface area contributed by atoms with Crippen LogP contribution in [0.3, 0.4) is 0 Å². The van der Waals surface area contributed by atoms with Crippen LogP contribution in [-0.4, -0.2) is 64.2 Å². The summed E-state index contributed by atoms with van der Waals surface area (Å²) in [6.45, 7) is 4.89. The zero-order valence-electron chi connectivity index (χ0n) is 16.7. The molecule has 1 fully saturated rings. The number of anilines is 2. The molecule has 2 aliphatic rings. The summed E-state index contributed by atoms with van der Waals surface area (Å²) >= 11 is 0. The fraction of sp³-hybridized carbons (Fsp3) is 0.429. The summed E-state index contributed by atoms with van der Waals surface area (Å²) < 4.78 is 6.98. The number of aliphatic hydroxyl groups is 1. The van der Waals surface area contributed by atoms with Gasteiger partial charge in [-0.15, -0.1) is 5.10 Å². The minimum absolute atomic E-state index is 0.0862. The molecular formula is C21H24N6O3. The monoisotopic (exact) mass is 408 g/mol. The molecule has 156 valence electrons. The Balaban J connectivity index is 1.31. The first kappa shape index (κ1) is 19.0. The van der Waals surface area contributed by atoms with Crippen molar-refractivity contribution in [2.24, 2.45) is 0 Å². The molecular weight excluding hydrogens is 384 g/mol. The van der Waals surface area contributed by atoms with Crippen molar-refractivity contribution in [3.8, 4) is 0 Å². The van der Waals surface area contributed by atoms with Gasteiger partial charge in [-0.1, -0.05) is 0 Å². The fourth-order valence-electron chi connectivity index (χ4n) is 4.09. The van der Waals surface area contributed by atoms with Crippen LogP contribution in [0.5, 0.6) is 0 Å². The second-order valence-electron chi connectivity index (χ2n) is 7.62. The van der Waals surface area contributed by atoms with Crippen LogP contribution in [0.2, 0.25) is 0 Å². The van der Waals surface area contributed by atoms with Gasteiger partial charge in [-0.05, 0) is 24.3 Å². The zero-order valence-corrected chi connectivity index (χ0v) is 16.7. The minimum atomic E-state index is -0.125. The van der Waals surface area contributed by atoms with Gasteiger partial charge in [0.1, 0.15) is 0 Å². The van der Waals surface area contributed by atoms with Gasteiger partial charge in [-0.25, -0.2) is 4.98 Å². The number of fused-ring (bicyclic) bond motifs is 2. The molecule has 9 heteroatoms. The maximum Gasteiger partial charge on any atom is 0.261 e. The van der Waals surface area contributed by atoms with Crippen LogP contribution in [0.25, 0.3) is 10.9 Å². The molecule has 0 aliphatic carbocycles. The lowest BCUT2D eigenvalue weighted by Gasteiger charge is -2.36. The lowest BCUT2D eigenvalue weighted by Crippen LogP contribution is -2.47. The highest BCUT2D eigenvalue weighted by molar-refractivity contribution is 5.81. The van der Waals surface area contributed by atoms with Gasteiger partial charge in [0.05, 0.1) is 49.3 Å². The molecule has 0 atom stereocenters. The molecule has 1 N–H and O–H groups in total.